The van der Waals surface area contributed by atoms with E-state index >= 15 is 0 Å². The molecule has 0 bridgehead atoms. The van der Waals surface area contributed by atoms with Crippen molar-refractivity contribution in [2.24, 2.45) is 0 Å². The third kappa shape index (κ3) is 3.91. The van der Waals surface area contributed by atoms with E-state index in [1.165, 1.54) is 6.07 Å². The molecule has 1 N–H and O–H groups in total. The van der Waals surface area contributed by atoms with Gasteiger partial charge in [-0.3, -0.25) is 9.59 Å². The number of carbonyl (C=O) groups excluding carboxylic acids is 1. The van der Waals surface area contributed by atoms with Gasteiger partial charge in [-0.05, 0) is 65.9 Å². The van der Waals surface area contributed by atoms with Crippen LogP contribution in [0.5, 0.6) is 0 Å². The molecule has 5 nitrogen and oxygen atoms in total. The Hall–Kier alpha value is -2.19. The normalized spacial score (nSPS) is 10.5. The van der Waals surface area contributed by atoms with Crippen LogP contribution in [0.3, 0.4) is 0 Å². The van der Waals surface area contributed by atoms with Crippen molar-refractivity contribution in [3.05, 3.63) is 84.8 Å². The monoisotopic (exact) mass is 465 g/mol. The summed E-state index contributed by atoms with van der Waals surface area (Å²) in [6.07, 6.45) is 0. The van der Waals surface area contributed by atoms with E-state index < -0.39 is 11.3 Å². The fourth-order valence-electron chi connectivity index (χ4n) is 2.29. The summed E-state index contributed by atoms with van der Waals surface area (Å²) in [7, 11) is 0. The van der Waals surface area contributed by atoms with E-state index in [1.807, 2.05) is 18.2 Å². The highest BCUT2D eigenvalue weighted by molar-refractivity contribution is 14.1. The largest absolute Gasteiger partial charge is 0.319 e. The number of aryl methyl sites for hydroxylation is 1. The molecule has 0 unspecified atom stereocenters. The lowest BCUT2D eigenvalue weighted by atomic mass is 10.2. The summed E-state index contributed by atoms with van der Waals surface area (Å²) in [6, 6.07) is 15.7. The van der Waals surface area contributed by atoms with Crippen molar-refractivity contribution >= 4 is 45.8 Å². The van der Waals surface area contributed by atoms with Crippen LogP contribution < -0.4 is 10.7 Å². The molecule has 0 aliphatic heterocycles. The van der Waals surface area contributed by atoms with E-state index in [4.69, 9.17) is 11.6 Å². The van der Waals surface area contributed by atoms with E-state index in [9.17, 15) is 9.59 Å². The first-order valence-corrected chi connectivity index (χ1v) is 8.84. The number of hydrogen-bond acceptors (Lipinski definition) is 3. The number of hydrogen-bond donors (Lipinski definition) is 1. The molecule has 0 spiro atoms. The first-order valence-electron chi connectivity index (χ1n) is 7.38. The average Bonchev–Trinajstić information content (AvgIpc) is 2.58. The zero-order chi connectivity index (χ0) is 18.0. The Labute approximate surface area is 162 Å². The minimum atomic E-state index is -0.545. The standard InChI is InChI=1S/C18H13ClIN3O2/c1-11-10-16(24)17(18(25)21-15-5-3-2-4-14(15)20)22-23(11)13-8-6-12(19)7-9-13/h2-10H,1H3,(H,21,25). The summed E-state index contributed by atoms with van der Waals surface area (Å²) in [4.78, 5) is 24.8. The maximum Gasteiger partial charge on any atom is 0.280 e. The predicted octanol–water partition coefficient (Wildman–Crippen LogP) is 4.05. The summed E-state index contributed by atoms with van der Waals surface area (Å²) < 4.78 is 2.42. The zero-order valence-corrected chi connectivity index (χ0v) is 16.1. The first kappa shape index (κ1) is 17.6. The Morgan fingerprint density at radius 2 is 1.84 bits per heavy atom. The van der Waals surface area contributed by atoms with Crippen LogP contribution in [0.4, 0.5) is 5.69 Å². The number of anilines is 1. The summed E-state index contributed by atoms with van der Waals surface area (Å²) in [5, 5.41) is 7.57. The Morgan fingerprint density at radius 3 is 2.52 bits per heavy atom. The summed E-state index contributed by atoms with van der Waals surface area (Å²) in [5.41, 5.74) is 1.38. The van der Waals surface area contributed by atoms with Crippen LogP contribution in [0.2, 0.25) is 5.02 Å². The molecular weight excluding hydrogens is 453 g/mol. The lowest BCUT2D eigenvalue weighted by Crippen LogP contribution is -2.27. The van der Waals surface area contributed by atoms with Crippen molar-refractivity contribution in [1.82, 2.24) is 9.78 Å². The highest BCUT2D eigenvalue weighted by atomic mass is 127. The molecule has 0 atom stereocenters. The second kappa shape index (κ2) is 7.37. The Kier molecular flexibility index (Phi) is 5.19. The van der Waals surface area contributed by atoms with Gasteiger partial charge in [0.25, 0.3) is 5.91 Å². The van der Waals surface area contributed by atoms with Crippen LogP contribution in [-0.4, -0.2) is 15.7 Å². The molecule has 1 aromatic heterocycles. The van der Waals surface area contributed by atoms with E-state index in [-0.39, 0.29) is 5.69 Å². The SMILES string of the molecule is Cc1cc(=O)c(C(=O)Nc2ccccc2I)nn1-c1ccc(Cl)cc1. The van der Waals surface area contributed by atoms with Gasteiger partial charge in [0.05, 0.1) is 11.4 Å². The molecule has 1 heterocycles. The van der Waals surface area contributed by atoms with E-state index in [0.29, 0.717) is 22.1 Å². The number of aromatic nitrogens is 2. The van der Waals surface area contributed by atoms with Gasteiger partial charge < -0.3 is 5.32 Å². The van der Waals surface area contributed by atoms with Gasteiger partial charge in [-0.1, -0.05) is 23.7 Å². The molecule has 0 radical (unpaired) electrons. The minimum absolute atomic E-state index is 0.166. The van der Waals surface area contributed by atoms with Crippen molar-refractivity contribution in [2.45, 2.75) is 6.92 Å². The molecule has 1 amide bonds. The first-order chi connectivity index (χ1) is 12.0. The number of nitrogens with one attached hydrogen (secondary N) is 1. The summed E-state index contributed by atoms with van der Waals surface area (Å²) >= 11 is 8.02. The van der Waals surface area contributed by atoms with Gasteiger partial charge in [-0.15, -0.1) is 0 Å². The van der Waals surface area contributed by atoms with Gasteiger partial charge in [-0.25, -0.2) is 4.68 Å². The molecule has 3 rings (SSSR count). The number of rotatable bonds is 3. The van der Waals surface area contributed by atoms with Crippen molar-refractivity contribution in [3.63, 3.8) is 0 Å². The summed E-state index contributed by atoms with van der Waals surface area (Å²) in [5.74, 6) is -0.545. The highest BCUT2D eigenvalue weighted by Crippen LogP contribution is 2.18. The quantitative estimate of drug-likeness (QED) is 0.594. The second-order valence-corrected chi connectivity index (χ2v) is 6.92. The van der Waals surface area contributed by atoms with Gasteiger partial charge in [0.1, 0.15) is 0 Å². The van der Waals surface area contributed by atoms with E-state index in [0.717, 1.165) is 3.57 Å². The van der Waals surface area contributed by atoms with Gasteiger partial charge in [0, 0.05) is 20.4 Å². The number of carbonyl (C=O) groups is 1. The second-order valence-electron chi connectivity index (χ2n) is 5.32. The molecule has 7 heteroatoms. The molecule has 126 valence electrons. The average molecular weight is 466 g/mol. The molecule has 0 fully saturated rings. The van der Waals surface area contributed by atoms with Gasteiger partial charge >= 0.3 is 0 Å². The van der Waals surface area contributed by atoms with Crippen LogP contribution in [-0.2, 0) is 0 Å². The molecule has 0 aliphatic rings. The molecule has 3 aromatic rings. The van der Waals surface area contributed by atoms with Crippen molar-refractivity contribution in [1.29, 1.82) is 0 Å². The summed E-state index contributed by atoms with van der Waals surface area (Å²) in [6.45, 7) is 1.75. The molecule has 0 saturated carbocycles. The molecule has 0 saturated heterocycles. The van der Waals surface area contributed by atoms with Crippen LogP contribution in [0, 0.1) is 10.5 Å². The van der Waals surface area contributed by atoms with Crippen LogP contribution in [0.25, 0.3) is 5.69 Å². The van der Waals surface area contributed by atoms with Gasteiger partial charge in [0.2, 0.25) is 5.43 Å². The zero-order valence-electron chi connectivity index (χ0n) is 13.2. The number of benzene rings is 2. The van der Waals surface area contributed by atoms with Gasteiger partial charge in [0.15, 0.2) is 5.69 Å². The smallest absolute Gasteiger partial charge is 0.280 e. The van der Waals surface area contributed by atoms with E-state index in [1.54, 1.807) is 41.9 Å². The number of nitrogens with zero attached hydrogens (tertiary/aromatic N) is 2. The van der Waals surface area contributed by atoms with Crippen LogP contribution >= 0.6 is 34.2 Å². The third-order valence-corrected chi connectivity index (χ3v) is 4.71. The topological polar surface area (TPSA) is 64.0 Å². The van der Waals surface area contributed by atoms with Crippen LogP contribution in [0.15, 0.2) is 59.4 Å². The predicted molar refractivity (Wildman–Crippen MR) is 107 cm³/mol. The molecule has 2 aromatic carbocycles. The lowest BCUT2D eigenvalue weighted by Gasteiger charge is -2.12. The van der Waals surface area contributed by atoms with Crippen LogP contribution in [0.1, 0.15) is 16.2 Å². The molecule has 0 aliphatic carbocycles. The highest BCUT2D eigenvalue weighted by Gasteiger charge is 2.16. The van der Waals surface area contributed by atoms with Crippen molar-refractivity contribution < 1.29 is 4.79 Å². The maximum absolute atomic E-state index is 12.5. The number of halogens is 2. The Bertz CT molecular complexity index is 1000. The fraction of sp³-hybridized carbons (Fsp3) is 0.0556. The minimum Gasteiger partial charge on any atom is -0.319 e. The molecule has 25 heavy (non-hydrogen) atoms. The van der Waals surface area contributed by atoms with Crippen molar-refractivity contribution in [2.75, 3.05) is 5.32 Å². The lowest BCUT2D eigenvalue weighted by molar-refractivity contribution is 0.101. The Morgan fingerprint density at radius 1 is 1.16 bits per heavy atom. The molecular formula is C18H13ClIN3O2. The third-order valence-electron chi connectivity index (χ3n) is 3.52. The fourth-order valence-corrected chi connectivity index (χ4v) is 2.94. The maximum atomic E-state index is 12.5. The number of para-hydroxylation sites is 1. The van der Waals surface area contributed by atoms with Gasteiger partial charge in [-0.2, -0.15) is 5.10 Å². The number of amides is 1. The van der Waals surface area contributed by atoms with Crippen molar-refractivity contribution in [3.8, 4) is 5.69 Å². The van der Waals surface area contributed by atoms with E-state index in [2.05, 4.69) is 33.0 Å². The Balaban J connectivity index is 2.00.